The molecule has 1 fully saturated rings. The van der Waals surface area contributed by atoms with Crippen molar-refractivity contribution in [2.45, 2.75) is 64.0 Å². The molecule has 2 aromatic rings. The summed E-state index contributed by atoms with van der Waals surface area (Å²) in [4.78, 5) is 40.4. The molecule has 0 aliphatic heterocycles. The van der Waals surface area contributed by atoms with E-state index >= 15 is 0 Å². The summed E-state index contributed by atoms with van der Waals surface area (Å²) in [6, 6.07) is 6.31. The van der Waals surface area contributed by atoms with E-state index in [0.717, 1.165) is 50.1 Å². The van der Waals surface area contributed by atoms with E-state index < -0.39 is 17.9 Å². The summed E-state index contributed by atoms with van der Waals surface area (Å²) in [7, 11) is 1.53. The monoisotopic (exact) mass is 473 g/mol. The Kier molecular flexibility index (Phi) is 8.26. The molecule has 1 aromatic heterocycles. The minimum Gasteiger partial charge on any atom is -0.497 e. The van der Waals surface area contributed by atoms with Crippen molar-refractivity contribution in [3.63, 3.8) is 0 Å². The van der Waals surface area contributed by atoms with E-state index in [9.17, 15) is 14.4 Å². The Morgan fingerprint density at radius 3 is 2.64 bits per heavy atom. The average Bonchev–Trinajstić information content (AvgIpc) is 3.45. The van der Waals surface area contributed by atoms with E-state index in [-0.39, 0.29) is 28.2 Å². The molecule has 1 heterocycles. The van der Waals surface area contributed by atoms with Gasteiger partial charge in [-0.05, 0) is 42.9 Å². The van der Waals surface area contributed by atoms with Gasteiger partial charge in [0.1, 0.15) is 16.7 Å². The summed E-state index contributed by atoms with van der Waals surface area (Å²) in [6.45, 7) is 2.03. The fourth-order valence-electron chi connectivity index (χ4n) is 4.08. The predicted molar refractivity (Wildman–Crippen MR) is 129 cm³/mol. The lowest BCUT2D eigenvalue weighted by Crippen LogP contribution is -2.51. The number of carbonyl (C=O) groups is 3. The van der Waals surface area contributed by atoms with Crippen molar-refractivity contribution >= 4 is 40.6 Å². The van der Waals surface area contributed by atoms with Crippen LogP contribution in [-0.4, -0.2) is 41.3 Å². The Morgan fingerprint density at radius 1 is 1.30 bits per heavy atom. The third-order valence-electron chi connectivity index (χ3n) is 5.85. The molecule has 0 spiro atoms. The van der Waals surface area contributed by atoms with Gasteiger partial charge in [-0.1, -0.05) is 38.7 Å². The van der Waals surface area contributed by atoms with Crippen LogP contribution in [0.3, 0.4) is 0 Å². The van der Waals surface area contributed by atoms with Gasteiger partial charge >= 0.3 is 0 Å². The van der Waals surface area contributed by atoms with Gasteiger partial charge in [-0.15, -0.1) is 0 Å². The normalized spacial score (nSPS) is 14.6. The molecular formula is C23H31N5O4S. The quantitative estimate of drug-likeness (QED) is 0.484. The lowest BCUT2D eigenvalue weighted by atomic mass is 10.0. The number of hydrogen-bond donors (Lipinski definition) is 3. The number of carbonyl (C=O) groups excluding carboxylic acids is 3. The Labute approximate surface area is 197 Å². The molecule has 5 N–H and O–H groups in total. The number of benzene rings is 1. The molecule has 9 nitrogen and oxygen atoms in total. The van der Waals surface area contributed by atoms with E-state index in [2.05, 4.69) is 9.69 Å². The Hall–Kier alpha value is -3.14. The molecule has 1 aliphatic carbocycles. The molecule has 1 atom stereocenters. The molecule has 3 amide bonds. The van der Waals surface area contributed by atoms with Crippen molar-refractivity contribution in [1.29, 1.82) is 0 Å². The van der Waals surface area contributed by atoms with Crippen LogP contribution in [-0.2, 0) is 4.79 Å². The number of nitrogen functional groups attached to an aromatic ring is 1. The smallest absolute Gasteiger partial charge is 0.272 e. The van der Waals surface area contributed by atoms with Crippen molar-refractivity contribution < 1.29 is 19.1 Å². The number of ether oxygens (including phenoxy) is 1. The predicted octanol–water partition coefficient (Wildman–Crippen LogP) is 3.10. The lowest BCUT2D eigenvalue weighted by molar-refractivity contribution is -0.123. The zero-order chi connectivity index (χ0) is 24.0. The number of primary amides is 1. The highest BCUT2D eigenvalue weighted by molar-refractivity contribution is 7.09. The van der Waals surface area contributed by atoms with Gasteiger partial charge in [-0.25, -0.2) is 0 Å². The molecule has 0 radical (unpaired) electrons. The van der Waals surface area contributed by atoms with E-state index in [4.69, 9.17) is 16.2 Å². The summed E-state index contributed by atoms with van der Waals surface area (Å²) in [5, 5.41) is 3.13. The van der Waals surface area contributed by atoms with E-state index in [1.165, 1.54) is 12.0 Å². The average molecular weight is 474 g/mol. The highest BCUT2D eigenvalue weighted by Gasteiger charge is 2.35. The van der Waals surface area contributed by atoms with E-state index in [1.807, 2.05) is 6.92 Å². The van der Waals surface area contributed by atoms with Crippen LogP contribution in [0.1, 0.15) is 72.0 Å². The molecule has 0 saturated heterocycles. The van der Waals surface area contributed by atoms with Gasteiger partial charge in [0.15, 0.2) is 5.69 Å². The number of anilines is 2. The SMILES string of the molecule is CCCC[C@H](C(=O)NC1CCCC1)N(C(=O)c1snc(C(N)=O)c1N)c1cccc(OC)c1. The van der Waals surface area contributed by atoms with Crippen molar-refractivity contribution in [3.05, 3.63) is 34.8 Å². The van der Waals surface area contributed by atoms with E-state index in [1.54, 1.807) is 24.3 Å². The lowest BCUT2D eigenvalue weighted by Gasteiger charge is -2.32. The van der Waals surface area contributed by atoms with E-state index in [0.29, 0.717) is 17.9 Å². The zero-order valence-electron chi connectivity index (χ0n) is 19.0. The first kappa shape index (κ1) is 24.5. The fraction of sp³-hybridized carbons (Fsp3) is 0.478. The topological polar surface area (TPSA) is 141 Å². The van der Waals surface area contributed by atoms with Crippen LogP contribution in [0.25, 0.3) is 0 Å². The highest BCUT2D eigenvalue weighted by Crippen LogP contribution is 2.31. The number of hydrogen-bond acceptors (Lipinski definition) is 7. The molecular weight excluding hydrogens is 442 g/mol. The molecule has 1 saturated carbocycles. The Morgan fingerprint density at radius 2 is 2.03 bits per heavy atom. The highest BCUT2D eigenvalue weighted by atomic mass is 32.1. The first-order chi connectivity index (χ1) is 15.9. The molecule has 1 aromatic carbocycles. The van der Waals surface area contributed by atoms with Crippen molar-refractivity contribution in [2.24, 2.45) is 5.73 Å². The maximum Gasteiger partial charge on any atom is 0.272 e. The summed E-state index contributed by atoms with van der Waals surface area (Å²) >= 11 is 0.801. The number of methoxy groups -OCH3 is 1. The minimum absolute atomic E-state index is 0.0711. The summed E-state index contributed by atoms with van der Waals surface area (Å²) in [6.07, 6.45) is 6.11. The van der Waals surface area contributed by atoms with Gasteiger partial charge < -0.3 is 21.5 Å². The number of rotatable bonds is 10. The van der Waals surface area contributed by atoms with Gasteiger partial charge in [0.2, 0.25) is 5.91 Å². The second-order valence-electron chi connectivity index (χ2n) is 8.16. The Bertz CT molecular complexity index is 1000. The molecule has 10 heteroatoms. The largest absolute Gasteiger partial charge is 0.497 e. The van der Waals surface area contributed by atoms with Gasteiger partial charge in [0.25, 0.3) is 11.8 Å². The van der Waals surface area contributed by atoms with Gasteiger partial charge in [0, 0.05) is 17.8 Å². The van der Waals surface area contributed by atoms with Crippen molar-refractivity contribution in [1.82, 2.24) is 9.69 Å². The summed E-state index contributed by atoms with van der Waals surface area (Å²) < 4.78 is 9.31. The summed E-state index contributed by atoms with van der Waals surface area (Å²) in [5.74, 6) is -0.971. The first-order valence-electron chi connectivity index (χ1n) is 11.2. The van der Waals surface area contributed by atoms with Crippen LogP contribution in [0.2, 0.25) is 0 Å². The van der Waals surface area contributed by atoms with Gasteiger partial charge in [-0.2, -0.15) is 4.37 Å². The minimum atomic E-state index is -0.808. The van der Waals surface area contributed by atoms with Crippen LogP contribution in [0.5, 0.6) is 5.75 Å². The summed E-state index contributed by atoms with van der Waals surface area (Å²) in [5.41, 5.74) is 11.7. The van der Waals surface area contributed by atoms with Crippen molar-refractivity contribution in [3.8, 4) is 5.75 Å². The van der Waals surface area contributed by atoms with Gasteiger partial charge in [-0.3, -0.25) is 19.3 Å². The molecule has 0 bridgehead atoms. The molecule has 178 valence electrons. The molecule has 1 aliphatic rings. The second kappa shape index (κ2) is 11.1. The molecule has 0 unspecified atom stereocenters. The maximum absolute atomic E-state index is 13.8. The zero-order valence-corrected chi connectivity index (χ0v) is 19.8. The second-order valence-corrected chi connectivity index (χ2v) is 8.94. The fourth-order valence-corrected chi connectivity index (χ4v) is 4.82. The number of nitrogens with zero attached hydrogens (tertiary/aromatic N) is 2. The third kappa shape index (κ3) is 5.62. The molecule has 3 rings (SSSR count). The standard InChI is InChI=1S/C23H31N5O4S/c1-3-4-12-17(22(30)26-14-8-5-6-9-14)28(15-10-7-11-16(13-15)32-2)23(31)20-18(24)19(21(25)29)27-33-20/h7,10-11,13-14,17H,3-6,8-9,12,24H2,1-2H3,(H2,25,29)(H,26,30)/t17-/m1/s1. The maximum atomic E-state index is 13.8. The molecule has 33 heavy (non-hydrogen) atoms. The van der Waals surface area contributed by atoms with Crippen molar-refractivity contribution in [2.75, 3.05) is 17.7 Å². The third-order valence-corrected chi connectivity index (χ3v) is 6.70. The number of aromatic nitrogens is 1. The number of nitrogens with one attached hydrogen (secondary N) is 1. The Balaban J connectivity index is 2.05. The van der Waals surface area contributed by atoms with Crippen LogP contribution >= 0.6 is 11.5 Å². The first-order valence-corrected chi connectivity index (χ1v) is 12.0. The number of unbranched alkanes of at least 4 members (excludes halogenated alkanes) is 1. The van der Waals surface area contributed by atoms with Crippen LogP contribution in [0, 0.1) is 0 Å². The van der Waals surface area contributed by atoms with Gasteiger partial charge in [0.05, 0.1) is 12.8 Å². The number of amides is 3. The van der Waals surface area contributed by atoms with Crippen LogP contribution < -0.4 is 26.4 Å². The van der Waals surface area contributed by atoms with Crippen LogP contribution in [0.4, 0.5) is 11.4 Å². The van der Waals surface area contributed by atoms with Crippen LogP contribution in [0.15, 0.2) is 24.3 Å². The number of nitrogens with two attached hydrogens (primary N) is 2.